The predicted octanol–water partition coefficient (Wildman–Crippen LogP) is 3.47. The van der Waals surface area contributed by atoms with E-state index in [-0.39, 0.29) is 0 Å². The van der Waals surface area contributed by atoms with Crippen LogP contribution < -0.4 is 10.1 Å². The summed E-state index contributed by atoms with van der Waals surface area (Å²) in [5, 5.41) is 15.9. The summed E-state index contributed by atoms with van der Waals surface area (Å²) in [6.45, 7) is 7.67. The molecule has 6 nitrogen and oxygen atoms in total. The van der Waals surface area contributed by atoms with Crippen LogP contribution in [-0.2, 0) is 6.54 Å². The van der Waals surface area contributed by atoms with Crippen LogP contribution in [0.5, 0.6) is 5.75 Å². The summed E-state index contributed by atoms with van der Waals surface area (Å²) in [6, 6.07) is 11.9. The van der Waals surface area contributed by atoms with Crippen LogP contribution in [0.15, 0.2) is 36.4 Å². The minimum Gasteiger partial charge on any atom is -0.493 e. The van der Waals surface area contributed by atoms with Gasteiger partial charge >= 0.3 is 0 Å². The van der Waals surface area contributed by atoms with E-state index in [4.69, 9.17) is 4.74 Å². The summed E-state index contributed by atoms with van der Waals surface area (Å²) in [6.07, 6.45) is 1.05. The summed E-state index contributed by atoms with van der Waals surface area (Å²) in [5.41, 5.74) is 1.86. The van der Waals surface area contributed by atoms with Crippen molar-refractivity contribution in [2.24, 2.45) is 5.92 Å². The van der Waals surface area contributed by atoms with Gasteiger partial charge < -0.3 is 10.1 Å². The van der Waals surface area contributed by atoms with Gasteiger partial charge in [-0.15, -0.1) is 15.3 Å². The number of aromatic nitrogens is 4. The molecule has 0 aliphatic carbocycles. The molecule has 0 spiro atoms. The number of hydrogen-bond donors (Lipinski definition) is 1. The highest BCUT2D eigenvalue weighted by atomic mass is 16.5. The average molecular weight is 325 g/mol. The van der Waals surface area contributed by atoms with Gasteiger partial charge in [0.05, 0.1) is 6.61 Å². The van der Waals surface area contributed by atoms with E-state index >= 15 is 0 Å². The van der Waals surface area contributed by atoms with Crippen LogP contribution in [0.4, 0.5) is 5.82 Å². The number of benzene rings is 1. The molecule has 3 rings (SSSR count). The zero-order chi connectivity index (χ0) is 16.9. The first kappa shape index (κ1) is 16.2. The Hall–Kier alpha value is -2.63. The van der Waals surface area contributed by atoms with Crippen LogP contribution in [0.1, 0.15) is 31.7 Å². The lowest BCUT2D eigenvalue weighted by Gasteiger charge is -2.13. The van der Waals surface area contributed by atoms with Gasteiger partial charge in [0.25, 0.3) is 0 Å². The second kappa shape index (κ2) is 7.29. The fourth-order valence-electron chi connectivity index (χ4n) is 2.37. The Morgan fingerprint density at radius 3 is 2.79 bits per heavy atom. The minimum absolute atomic E-state index is 0.637. The highest BCUT2D eigenvalue weighted by Crippen LogP contribution is 2.20. The SMILES string of the molecule is Cc1nnc2ccc(NCc3ccccc3OCCC(C)C)nn12. The lowest BCUT2D eigenvalue weighted by molar-refractivity contribution is 0.287. The van der Waals surface area contributed by atoms with Gasteiger partial charge in [0.15, 0.2) is 11.5 Å². The lowest BCUT2D eigenvalue weighted by Crippen LogP contribution is -2.08. The minimum atomic E-state index is 0.637. The zero-order valence-corrected chi connectivity index (χ0v) is 14.4. The van der Waals surface area contributed by atoms with E-state index < -0.39 is 0 Å². The Kier molecular flexibility index (Phi) is 4.93. The van der Waals surface area contributed by atoms with Crippen molar-refractivity contribution in [1.29, 1.82) is 0 Å². The van der Waals surface area contributed by atoms with Crippen molar-refractivity contribution in [3.05, 3.63) is 47.8 Å². The number of rotatable bonds is 7. The second-order valence-corrected chi connectivity index (χ2v) is 6.23. The fourth-order valence-corrected chi connectivity index (χ4v) is 2.37. The number of fused-ring (bicyclic) bond motifs is 1. The second-order valence-electron chi connectivity index (χ2n) is 6.23. The van der Waals surface area contributed by atoms with Crippen LogP contribution in [0, 0.1) is 12.8 Å². The molecule has 6 heteroatoms. The van der Waals surface area contributed by atoms with Crippen LogP contribution >= 0.6 is 0 Å². The highest BCUT2D eigenvalue weighted by molar-refractivity contribution is 5.45. The van der Waals surface area contributed by atoms with Crippen molar-refractivity contribution >= 4 is 11.5 Å². The maximum atomic E-state index is 5.93. The molecule has 1 N–H and O–H groups in total. The quantitative estimate of drug-likeness (QED) is 0.720. The third-order valence-electron chi connectivity index (χ3n) is 3.80. The van der Waals surface area contributed by atoms with Gasteiger partial charge in [-0.1, -0.05) is 32.0 Å². The lowest BCUT2D eigenvalue weighted by atomic mass is 10.1. The van der Waals surface area contributed by atoms with Crippen molar-refractivity contribution in [1.82, 2.24) is 19.8 Å². The van der Waals surface area contributed by atoms with Gasteiger partial charge in [-0.2, -0.15) is 4.52 Å². The van der Waals surface area contributed by atoms with Crippen molar-refractivity contribution in [2.45, 2.75) is 33.7 Å². The molecule has 0 radical (unpaired) electrons. The maximum absolute atomic E-state index is 5.93. The maximum Gasteiger partial charge on any atom is 0.178 e. The smallest absolute Gasteiger partial charge is 0.178 e. The largest absolute Gasteiger partial charge is 0.493 e. The fraction of sp³-hybridized carbons (Fsp3) is 0.389. The number of aryl methyl sites for hydroxylation is 1. The van der Waals surface area contributed by atoms with Gasteiger partial charge in [-0.3, -0.25) is 0 Å². The van der Waals surface area contributed by atoms with Crippen LogP contribution in [-0.4, -0.2) is 26.4 Å². The van der Waals surface area contributed by atoms with Crippen LogP contribution in [0.25, 0.3) is 5.65 Å². The number of nitrogens with zero attached hydrogens (tertiary/aromatic N) is 4. The molecule has 0 bridgehead atoms. The van der Waals surface area contributed by atoms with E-state index in [2.05, 4.69) is 40.5 Å². The number of anilines is 1. The van der Waals surface area contributed by atoms with E-state index in [0.29, 0.717) is 12.5 Å². The first-order valence-corrected chi connectivity index (χ1v) is 8.27. The van der Waals surface area contributed by atoms with E-state index in [9.17, 15) is 0 Å². The molecule has 2 heterocycles. The van der Waals surface area contributed by atoms with E-state index in [1.165, 1.54) is 0 Å². The summed E-state index contributed by atoms with van der Waals surface area (Å²) in [5.74, 6) is 3.11. The third-order valence-corrected chi connectivity index (χ3v) is 3.80. The highest BCUT2D eigenvalue weighted by Gasteiger charge is 2.06. The Labute approximate surface area is 141 Å². The molecule has 0 aliphatic heterocycles. The molecule has 0 saturated carbocycles. The van der Waals surface area contributed by atoms with Gasteiger partial charge in [-0.05, 0) is 37.5 Å². The number of ether oxygens (including phenoxy) is 1. The summed E-state index contributed by atoms with van der Waals surface area (Å²) in [7, 11) is 0. The van der Waals surface area contributed by atoms with Gasteiger partial charge in [0, 0.05) is 12.1 Å². The Morgan fingerprint density at radius 2 is 1.96 bits per heavy atom. The number of hydrogen-bond acceptors (Lipinski definition) is 5. The molecule has 0 amide bonds. The van der Waals surface area contributed by atoms with E-state index in [1.807, 2.05) is 37.3 Å². The Bertz CT molecular complexity index is 812. The van der Waals surface area contributed by atoms with Gasteiger partial charge in [-0.25, -0.2) is 0 Å². The molecule has 0 atom stereocenters. The average Bonchev–Trinajstić information content (AvgIpc) is 2.94. The molecule has 1 aromatic carbocycles. The first-order valence-electron chi connectivity index (χ1n) is 8.27. The Morgan fingerprint density at radius 1 is 1.12 bits per heavy atom. The summed E-state index contributed by atoms with van der Waals surface area (Å²) >= 11 is 0. The molecule has 2 aromatic heterocycles. The van der Waals surface area contributed by atoms with E-state index in [0.717, 1.165) is 41.6 Å². The van der Waals surface area contributed by atoms with Gasteiger partial charge in [0.2, 0.25) is 0 Å². The third kappa shape index (κ3) is 3.82. The monoisotopic (exact) mass is 325 g/mol. The topological polar surface area (TPSA) is 64.3 Å². The van der Waals surface area contributed by atoms with Crippen molar-refractivity contribution in [2.75, 3.05) is 11.9 Å². The zero-order valence-electron chi connectivity index (χ0n) is 14.4. The van der Waals surface area contributed by atoms with Crippen LogP contribution in [0.2, 0.25) is 0 Å². The van der Waals surface area contributed by atoms with E-state index in [1.54, 1.807) is 4.52 Å². The normalized spacial score (nSPS) is 11.2. The summed E-state index contributed by atoms with van der Waals surface area (Å²) in [4.78, 5) is 0. The van der Waals surface area contributed by atoms with Crippen molar-refractivity contribution in [3.8, 4) is 5.75 Å². The molecule has 24 heavy (non-hydrogen) atoms. The molecule has 3 aromatic rings. The predicted molar refractivity (Wildman–Crippen MR) is 94.2 cm³/mol. The molecule has 0 fully saturated rings. The van der Waals surface area contributed by atoms with Gasteiger partial charge in [0.1, 0.15) is 11.6 Å². The van der Waals surface area contributed by atoms with Crippen molar-refractivity contribution < 1.29 is 4.74 Å². The summed E-state index contributed by atoms with van der Waals surface area (Å²) < 4.78 is 7.66. The molecule has 0 saturated heterocycles. The Balaban J connectivity index is 1.68. The number of nitrogens with one attached hydrogen (secondary N) is 1. The molecule has 0 unspecified atom stereocenters. The van der Waals surface area contributed by atoms with Crippen molar-refractivity contribution in [3.63, 3.8) is 0 Å². The van der Waals surface area contributed by atoms with Crippen LogP contribution in [0.3, 0.4) is 0 Å². The number of para-hydroxylation sites is 1. The molecular formula is C18H23N5O. The molecular weight excluding hydrogens is 302 g/mol. The standard InChI is InChI=1S/C18H23N5O/c1-13(2)10-11-24-16-7-5-4-6-15(16)12-19-17-8-9-18-21-20-14(3)23(18)22-17/h4-9,13H,10-12H2,1-3H3,(H,19,22). The molecule has 126 valence electrons. The first-order chi connectivity index (χ1) is 11.6. The molecule has 0 aliphatic rings.